The highest BCUT2D eigenvalue weighted by Crippen LogP contribution is 2.23. The summed E-state index contributed by atoms with van der Waals surface area (Å²) < 4.78 is 24.0. The van der Waals surface area contributed by atoms with Crippen LogP contribution in [0.5, 0.6) is 11.5 Å². The smallest absolute Gasteiger partial charge is 0.126 e. The van der Waals surface area contributed by atoms with E-state index in [0.29, 0.717) is 12.4 Å². The Labute approximate surface area is 106 Å². The third-order valence-electron chi connectivity index (χ3n) is 2.73. The van der Waals surface area contributed by atoms with Gasteiger partial charge in [-0.15, -0.1) is 0 Å². The molecule has 0 spiro atoms. The van der Waals surface area contributed by atoms with Crippen LogP contribution in [0.25, 0.3) is 0 Å². The van der Waals surface area contributed by atoms with Crippen molar-refractivity contribution in [3.8, 4) is 11.5 Å². The van der Waals surface area contributed by atoms with Gasteiger partial charge in [0, 0.05) is 11.6 Å². The van der Waals surface area contributed by atoms with E-state index >= 15 is 0 Å². The van der Waals surface area contributed by atoms with Crippen molar-refractivity contribution in [1.29, 1.82) is 0 Å². The minimum atomic E-state index is -0.296. The van der Waals surface area contributed by atoms with Gasteiger partial charge in [0.05, 0.1) is 7.11 Å². The molecule has 0 bridgehead atoms. The van der Waals surface area contributed by atoms with Crippen molar-refractivity contribution in [2.45, 2.75) is 13.5 Å². The number of methoxy groups -OCH3 is 1. The molecule has 0 amide bonds. The minimum Gasteiger partial charge on any atom is -0.496 e. The van der Waals surface area contributed by atoms with Gasteiger partial charge in [-0.1, -0.05) is 24.3 Å². The highest BCUT2D eigenvalue weighted by atomic mass is 19.1. The molecule has 0 heterocycles. The zero-order chi connectivity index (χ0) is 13.0. The summed E-state index contributed by atoms with van der Waals surface area (Å²) in [5.74, 6) is 1.03. The largest absolute Gasteiger partial charge is 0.496 e. The van der Waals surface area contributed by atoms with Crippen LogP contribution in [0, 0.1) is 12.7 Å². The molecule has 0 saturated heterocycles. The monoisotopic (exact) mass is 246 g/mol. The highest BCUT2D eigenvalue weighted by molar-refractivity contribution is 5.35. The van der Waals surface area contributed by atoms with Crippen LogP contribution in [0.3, 0.4) is 0 Å². The number of hydrogen-bond acceptors (Lipinski definition) is 2. The zero-order valence-corrected chi connectivity index (χ0v) is 10.4. The van der Waals surface area contributed by atoms with E-state index in [9.17, 15) is 4.39 Å². The van der Waals surface area contributed by atoms with Crippen molar-refractivity contribution in [2.24, 2.45) is 0 Å². The Kier molecular flexibility index (Phi) is 3.82. The molecular weight excluding hydrogens is 231 g/mol. The fourth-order valence-electron chi connectivity index (χ4n) is 1.71. The summed E-state index contributed by atoms with van der Waals surface area (Å²) in [4.78, 5) is 0. The third kappa shape index (κ3) is 2.80. The second-order valence-electron chi connectivity index (χ2n) is 4.01. The van der Waals surface area contributed by atoms with Crippen LogP contribution in [0.1, 0.15) is 11.1 Å². The first-order valence-corrected chi connectivity index (χ1v) is 5.71. The standard InChI is InChI=1S/C15H15FO2/c1-11-7-8-13(16)9-15(11)18-10-12-5-3-4-6-14(12)17-2/h3-9H,10H2,1-2H3. The van der Waals surface area contributed by atoms with Crippen LogP contribution < -0.4 is 9.47 Å². The first-order valence-electron chi connectivity index (χ1n) is 5.71. The zero-order valence-electron chi connectivity index (χ0n) is 10.4. The SMILES string of the molecule is COc1ccccc1COc1cc(F)ccc1C. The summed E-state index contributed by atoms with van der Waals surface area (Å²) in [7, 11) is 1.62. The lowest BCUT2D eigenvalue weighted by molar-refractivity contribution is 0.293. The maximum absolute atomic E-state index is 13.1. The van der Waals surface area contributed by atoms with Crippen molar-refractivity contribution in [1.82, 2.24) is 0 Å². The van der Waals surface area contributed by atoms with Crippen molar-refractivity contribution in [2.75, 3.05) is 7.11 Å². The van der Waals surface area contributed by atoms with Crippen molar-refractivity contribution >= 4 is 0 Å². The van der Waals surface area contributed by atoms with E-state index in [4.69, 9.17) is 9.47 Å². The predicted octanol–water partition coefficient (Wildman–Crippen LogP) is 3.72. The second kappa shape index (κ2) is 5.54. The lowest BCUT2D eigenvalue weighted by atomic mass is 10.2. The lowest BCUT2D eigenvalue weighted by Gasteiger charge is -2.11. The molecule has 0 aromatic heterocycles. The van der Waals surface area contributed by atoms with Crippen LogP contribution >= 0.6 is 0 Å². The van der Waals surface area contributed by atoms with Gasteiger partial charge in [-0.2, -0.15) is 0 Å². The summed E-state index contributed by atoms with van der Waals surface area (Å²) in [6.45, 7) is 2.24. The molecule has 2 rings (SSSR count). The number of halogens is 1. The lowest BCUT2D eigenvalue weighted by Crippen LogP contribution is -2.00. The Balaban J connectivity index is 2.14. The highest BCUT2D eigenvalue weighted by Gasteiger charge is 2.05. The molecule has 2 nitrogen and oxygen atoms in total. The van der Waals surface area contributed by atoms with Crippen molar-refractivity contribution < 1.29 is 13.9 Å². The van der Waals surface area contributed by atoms with E-state index in [0.717, 1.165) is 16.9 Å². The molecule has 2 aromatic rings. The van der Waals surface area contributed by atoms with E-state index in [1.807, 2.05) is 31.2 Å². The summed E-state index contributed by atoms with van der Waals surface area (Å²) >= 11 is 0. The quantitative estimate of drug-likeness (QED) is 0.818. The van der Waals surface area contributed by atoms with Gasteiger partial charge >= 0.3 is 0 Å². The van der Waals surface area contributed by atoms with Gasteiger partial charge in [0.1, 0.15) is 23.9 Å². The maximum Gasteiger partial charge on any atom is 0.126 e. The van der Waals surface area contributed by atoms with Crippen LogP contribution in [-0.2, 0) is 6.61 Å². The number of ether oxygens (including phenoxy) is 2. The van der Waals surface area contributed by atoms with E-state index in [-0.39, 0.29) is 5.82 Å². The number of hydrogen-bond donors (Lipinski definition) is 0. The van der Waals surface area contributed by atoms with E-state index in [1.54, 1.807) is 13.2 Å². The molecule has 0 aliphatic carbocycles. The molecule has 2 aromatic carbocycles. The van der Waals surface area contributed by atoms with Gasteiger partial charge in [0.15, 0.2) is 0 Å². The number of para-hydroxylation sites is 1. The molecule has 94 valence electrons. The molecule has 0 saturated carbocycles. The third-order valence-corrected chi connectivity index (χ3v) is 2.73. The van der Waals surface area contributed by atoms with Gasteiger partial charge < -0.3 is 9.47 Å². The molecule has 0 atom stereocenters. The summed E-state index contributed by atoms with van der Waals surface area (Å²) in [5.41, 5.74) is 1.84. The molecular formula is C15H15FO2. The molecule has 18 heavy (non-hydrogen) atoms. The number of rotatable bonds is 4. The van der Waals surface area contributed by atoms with Crippen LogP contribution in [0.15, 0.2) is 42.5 Å². The van der Waals surface area contributed by atoms with E-state index in [1.165, 1.54) is 12.1 Å². The first-order chi connectivity index (χ1) is 8.70. The number of aryl methyl sites for hydroxylation is 1. The summed E-state index contributed by atoms with van der Waals surface area (Å²) in [5, 5.41) is 0. The van der Waals surface area contributed by atoms with Crippen LogP contribution in [0.2, 0.25) is 0 Å². The van der Waals surface area contributed by atoms with E-state index < -0.39 is 0 Å². The average Bonchev–Trinajstić information content (AvgIpc) is 2.40. The molecule has 0 aliphatic rings. The van der Waals surface area contributed by atoms with Gasteiger partial charge in [0.25, 0.3) is 0 Å². The second-order valence-corrected chi connectivity index (χ2v) is 4.01. The Morgan fingerprint density at radius 2 is 1.83 bits per heavy atom. The van der Waals surface area contributed by atoms with Crippen molar-refractivity contribution in [3.63, 3.8) is 0 Å². The summed E-state index contributed by atoms with van der Waals surface area (Å²) in [6.07, 6.45) is 0. The Hall–Kier alpha value is -2.03. The molecule has 0 N–H and O–H groups in total. The van der Waals surface area contributed by atoms with Crippen molar-refractivity contribution in [3.05, 3.63) is 59.4 Å². The average molecular weight is 246 g/mol. The molecule has 0 fully saturated rings. The predicted molar refractivity (Wildman–Crippen MR) is 68.5 cm³/mol. The summed E-state index contributed by atoms with van der Waals surface area (Å²) in [6, 6.07) is 12.1. The van der Waals surface area contributed by atoms with Gasteiger partial charge in [0.2, 0.25) is 0 Å². The molecule has 0 unspecified atom stereocenters. The Bertz CT molecular complexity index is 538. The normalized spacial score (nSPS) is 10.2. The van der Waals surface area contributed by atoms with E-state index in [2.05, 4.69) is 0 Å². The first kappa shape index (κ1) is 12.4. The maximum atomic E-state index is 13.1. The Morgan fingerprint density at radius 1 is 1.06 bits per heavy atom. The molecule has 0 aliphatic heterocycles. The Morgan fingerprint density at radius 3 is 2.61 bits per heavy atom. The number of benzene rings is 2. The fourth-order valence-corrected chi connectivity index (χ4v) is 1.71. The van der Waals surface area contributed by atoms with Gasteiger partial charge in [-0.25, -0.2) is 4.39 Å². The van der Waals surface area contributed by atoms with Crippen LogP contribution in [-0.4, -0.2) is 7.11 Å². The van der Waals surface area contributed by atoms with Crippen LogP contribution in [0.4, 0.5) is 4.39 Å². The molecule has 0 radical (unpaired) electrons. The van der Waals surface area contributed by atoms with Gasteiger partial charge in [-0.3, -0.25) is 0 Å². The van der Waals surface area contributed by atoms with Gasteiger partial charge in [-0.05, 0) is 24.6 Å². The molecule has 3 heteroatoms. The topological polar surface area (TPSA) is 18.5 Å². The fraction of sp³-hybridized carbons (Fsp3) is 0.200. The minimum absolute atomic E-state index is 0.296.